The topological polar surface area (TPSA) is 41.1 Å². The predicted octanol–water partition coefficient (Wildman–Crippen LogP) is 2.53. The number of anilines is 1. The first-order valence-corrected chi connectivity index (χ1v) is 6.43. The van der Waals surface area contributed by atoms with Crippen molar-refractivity contribution in [2.45, 2.75) is 12.8 Å². The Morgan fingerprint density at radius 1 is 1.53 bits per heavy atom. The Bertz CT molecular complexity index is 419. The molecule has 1 unspecified atom stereocenters. The van der Waals surface area contributed by atoms with Crippen LogP contribution in [0.25, 0.3) is 0 Å². The summed E-state index contributed by atoms with van der Waals surface area (Å²) in [7, 11) is 0. The standard InChI is InChI=1S/C12H14BrFN2O/c13-10-4-3-9(14)6-11(10)16-12(17)8-2-1-5-15-7-8/h3-4,6,8,15H,1-2,5,7H2,(H,16,17). The van der Waals surface area contributed by atoms with Crippen LogP contribution in [0, 0.1) is 11.7 Å². The number of rotatable bonds is 2. The quantitative estimate of drug-likeness (QED) is 0.881. The van der Waals surface area contributed by atoms with Crippen molar-refractivity contribution in [2.75, 3.05) is 18.4 Å². The molecular formula is C12H14BrFN2O. The lowest BCUT2D eigenvalue weighted by Crippen LogP contribution is -2.37. The molecule has 0 spiro atoms. The average Bonchev–Trinajstić information content (AvgIpc) is 2.35. The van der Waals surface area contributed by atoms with E-state index in [1.165, 1.54) is 12.1 Å². The molecule has 0 bridgehead atoms. The SMILES string of the molecule is O=C(Nc1cc(F)ccc1Br)C1CCCNC1. The second-order valence-corrected chi connectivity index (χ2v) is 5.01. The van der Waals surface area contributed by atoms with E-state index in [4.69, 9.17) is 0 Å². The third kappa shape index (κ3) is 3.26. The number of amides is 1. The Morgan fingerprint density at radius 3 is 3.06 bits per heavy atom. The van der Waals surface area contributed by atoms with Crippen molar-refractivity contribution in [1.29, 1.82) is 0 Å². The van der Waals surface area contributed by atoms with Crippen molar-refractivity contribution in [3.05, 3.63) is 28.5 Å². The molecule has 1 fully saturated rings. The highest BCUT2D eigenvalue weighted by molar-refractivity contribution is 9.10. The van der Waals surface area contributed by atoms with Gasteiger partial charge in [0.2, 0.25) is 5.91 Å². The lowest BCUT2D eigenvalue weighted by atomic mass is 9.99. The largest absolute Gasteiger partial charge is 0.325 e. The van der Waals surface area contributed by atoms with Gasteiger partial charge < -0.3 is 10.6 Å². The van der Waals surface area contributed by atoms with Crippen LogP contribution >= 0.6 is 15.9 Å². The van der Waals surface area contributed by atoms with Crippen molar-refractivity contribution >= 4 is 27.5 Å². The Labute approximate surface area is 108 Å². The molecule has 1 aromatic carbocycles. The zero-order valence-corrected chi connectivity index (χ0v) is 10.9. The van der Waals surface area contributed by atoms with E-state index in [1.54, 1.807) is 6.07 Å². The van der Waals surface area contributed by atoms with E-state index in [-0.39, 0.29) is 17.6 Å². The first-order valence-electron chi connectivity index (χ1n) is 5.63. The van der Waals surface area contributed by atoms with Crippen molar-refractivity contribution in [2.24, 2.45) is 5.92 Å². The number of carbonyl (C=O) groups excluding carboxylic acids is 1. The minimum absolute atomic E-state index is 0.0288. The highest BCUT2D eigenvalue weighted by Crippen LogP contribution is 2.24. The number of carbonyl (C=O) groups is 1. The van der Waals surface area contributed by atoms with E-state index in [0.29, 0.717) is 16.7 Å². The molecule has 1 aliphatic heterocycles. The lowest BCUT2D eigenvalue weighted by molar-refractivity contribution is -0.120. The zero-order chi connectivity index (χ0) is 12.3. The van der Waals surface area contributed by atoms with Crippen LogP contribution in [-0.2, 0) is 4.79 Å². The van der Waals surface area contributed by atoms with Crippen LogP contribution in [0.2, 0.25) is 0 Å². The fourth-order valence-corrected chi connectivity index (χ4v) is 2.25. The van der Waals surface area contributed by atoms with Crippen LogP contribution in [0.4, 0.5) is 10.1 Å². The van der Waals surface area contributed by atoms with Crippen LogP contribution in [-0.4, -0.2) is 19.0 Å². The summed E-state index contributed by atoms with van der Waals surface area (Å²) in [6.07, 6.45) is 1.88. The van der Waals surface area contributed by atoms with Gasteiger partial charge in [0.1, 0.15) is 5.82 Å². The number of nitrogens with one attached hydrogen (secondary N) is 2. The summed E-state index contributed by atoms with van der Waals surface area (Å²) >= 11 is 3.29. The van der Waals surface area contributed by atoms with E-state index in [2.05, 4.69) is 26.6 Å². The minimum Gasteiger partial charge on any atom is -0.325 e. The monoisotopic (exact) mass is 300 g/mol. The third-order valence-electron chi connectivity index (χ3n) is 2.85. The number of hydrogen-bond acceptors (Lipinski definition) is 2. The van der Waals surface area contributed by atoms with Crippen molar-refractivity contribution in [3.63, 3.8) is 0 Å². The second kappa shape index (κ2) is 5.60. The van der Waals surface area contributed by atoms with Gasteiger partial charge in [0.25, 0.3) is 0 Å². The number of benzene rings is 1. The summed E-state index contributed by atoms with van der Waals surface area (Å²) in [6.45, 7) is 1.66. The molecule has 2 rings (SSSR count). The summed E-state index contributed by atoms with van der Waals surface area (Å²) in [6, 6.07) is 4.25. The molecule has 0 saturated carbocycles. The van der Waals surface area contributed by atoms with Gasteiger partial charge in [-0.2, -0.15) is 0 Å². The van der Waals surface area contributed by atoms with E-state index in [0.717, 1.165) is 19.4 Å². The van der Waals surface area contributed by atoms with Crippen LogP contribution in [0.5, 0.6) is 0 Å². The Hall–Kier alpha value is -0.940. The molecule has 5 heteroatoms. The van der Waals surface area contributed by atoms with E-state index in [9.17, 15) is 9.18 Å². The maximum absolute atomic E-state index is 13.1. The van der Waals surface area contributed by atoms with Crippen molar-refractivity contribution < 1.29 is 9.18 Å². The zero-order valence-electron chi connectivity index (χ0n) is 9.30. The Morgan fingerprint density at radius 2 is 2.35 bits per heavy atom. The second-order valence-electron chi connectivity index (χ2n) is 4.16. The molecule has 1 amide bonds. The third-order valence-corrected chi connectivity index (χ3v) is 3.55. The summed E-state index contributed by atoms with van der Waals surface area (Å²) in [5, 5.41) is 5.94. The smallest absolute Gasteiger partial charge is 0.228 e. The highest BCUT2D eigenvalue weighted by atomic mass is 79.9. The molecule has 0 radical (unpaired) electrons. The first-order chi connectivity index (χ1) is 8.16. The Kier molecular flexibility index (Phi) is 4.12. The molecule has 1 saturated heterocycles. The predicted molar refractivity (Wildman–Crippen MR) is 68.3 cm³/mol. The van der Waals surface area contributed by atoms with E-state index in [1.807, 2.05) is 0 Å². The number of piperidine rings is 1. The molecule has 0 aliphatic carbocycles. The van der Waals surface area contributed by atoms with Gasteiger partial charge in [-0.05, 0) is 53.5 Å². The van der Waals surface area contributed by atoms with Crippen LogP contribution in [0.3, 0.4) is 0 Å². The van der Waals surface area contributed by atoms with Gasteiger partial charge in [-0.15, -0.1) is 0 Å². The number of halogens is 2. The fourth-order valence-electron chi connectivity index (χ4n) is 1.90. The van der Waals surface area contributed by atoms with Gasteiger partial charge >= 0.3 is 0 Å². The maximum atomic E-state index is 13.1. The minimum atomic E-state index is -0.356. The molecule has 1 heterocycles. The molecule has 3 nitrogen and oxygen atoms in total. The van der Waals surface area contributed by atoms with Crippen LogP contribution in [0.1, 0.15) is 12.8 Å². The lowest BCUT2D eigenvalue weighted by Gasteiger charge is -2.22. The van der Waals surface area contributed by atoms with Crippen molar-refractivity contribution in [3.8, 4) is 0 Å². The molecule has 1 atom stereocenters. The van der Waals surface area contributed by atoms with Crippen LogP contribution in [0.15, 0.2) is 22.7 Å². The van der Waals surface area contributed by atoms with Gasteiger partial charge in [0.15, 0.2) is 0 Å². The summed E-state index contributed by atoms with van der Waals surface area (Å²) < 4.78 is 13.7. The average molecular weight is 301 g/mol. The first kappa shape index (κ1) is 12.5. The summed E-state index contributed by atoms with van der Waals surface area (Å²) in [5.74, 6) is -0.437. The van der Waals surface area contributed by atoms with Gasteiger partial charge in [-0.3, -0.25) is 4.79 Å². The molecule has 17 heavy (non-hydrogen) atoms. The van der Waals surface area contributed by atoms with Crippen LogP contribution < -0.4 is 10.6 Å². The molecule has 1 aliphatic rings. The molecule has 92 valence electrons. The summed E-state index contributed by atoms with van der Waals surface area (Å²) in [4.78, 5) is 11.9. The van der Waals surface area contributed by atoms with E-state index < -0.39 is 0 Å². The molecular weight excluding hydrogens is 287 g/mol. The molecule has 1 aromatic rings. The van der Waals surface area contributed by atoms with Gasteiger partial charge in [0.05, 0.1) is 11.6 Å². The van der Waals surface area contributed by atoms with Gasteiger partial charge in [-0.1, -0.05) is 0 Å². The van der Waals surface area contributed by atoms with Gasteiger partial charge in [0, 0.05) is 11.0 Å². The van der Waals surface area contributed by atoms with Crippen molar-refractivity contribution in [1.82, 2.24) is 5.32 Å². The normalized spacial score (nSPS) is 20.0. The highest BCUT2D eigenvalue weighted by Gasteiger charge is 2.21. The molecule has 2 N–H and O–H groups in total. The maximum Gasteiger partial charge on any atom is 0.228 e. The summed E-state index contributed by atoms with van der Waals surface area (Å²) in [5.41, 5.74) is 0.487. The Balaban J connectivity index is 2.04. The molecule has 0 aromatic heterocycles. The number of hydrogen-bond donors (Lipinski definition) is 2. The fraction of sp³-hybridized carbons (Fsp3) is 0.417. The van der Waals surface area contributed by atoms with E-state index >= 15 is 0 Å². The van der Waals surface area contributed by atoms with Gasteiger partial charge in [-0.25, -0.2) is 4.39 Å².